The molecule has 10 heteroatoms. The monoisotopic (exact) mass is 425 g/mol. The van der Waals surface area contributed by atoms with Gasteiger partial charge in [-0.3, -0.25) is 0 Å². The van der Waals surface area contributed by atoms with E-state index < -0.39 is 5.09 Å². The van der Waals surface area contributed by atoms with Gasteiger partial charge in [-0.05, 0) is 24.3 Å². The van der Waals surface area contributed by atoms with Gasteiger partial charge in [-0.15, -0.1) is 10.1 Å². The van der Waals surface area contributed by atoms with Crippen molar-refractivity contribution in [2.75, 3.05) is 6.79 Å². The van der Waals surface area contributed by atoms with Gasteiger partial charge in [0, 0.05) is 28.0 Å². The van der Waals surface area contributed by atoms with Crippen LogP contribution in [0, 0.1) is 10.1 Å². The minimum Gasteiger partial charge on any atom is -0.468 e. The van der Waals surface area contributed by atoms with Crippen molar-refractivity contribution < 1.29 is 19.8 Å². The van der Waals surface area contributed by atoms with Crippen molar-refractivity contribution in [1.82, 2.24) is 9.55 Å². The van der Waals surface area contributed by atoms with Gasteiger partial charge in [0.15, 0.2) is 6.79 Å². The molecule has 0 radical (unpaired) electrons. The number of aromatic nitrogens is 2. The van der Waals surface area contributed by atoms with Crippen LogP contribution in [-0.2, 0) is 11.3 Å². The molecule has 0 aliphatic heterocycles. The lowest BCUT2D eigenvalue weighted by Gasteiger charge is -2.20. The van der Waals surface area contributed by atoms with E-state index in [0.29, 0.717) is 16.6 Å². The lowest BCUT2D eigenvalue weighted by Crippen LogP contribution is -2.15. The van der Waals surface area contributed by atoms with Gasteiger partial charge < -0.3 is 19.2 Å². The van der Waals surface area contributed by atoms with Gasteiger partial charge in [-0.25, -0.2) is 4.98 Å². The Morgan fingerprint density at radius 3 is 2.54 bits per heavy atom. The first-order valence-electron chi connectivity index (χ1n) is 7.99. The van der Waals surface area contributed by atoms with E-state index in [1.807, 2.05) is 47.2 Å². The summed E-state index contributed by atoms with van der Waals surface area (Å²) in [6.07, 6.45) is 5.05. The van der Waals surface area contributed by atoms with Crippen LogP contribution in [-0.4, -0.2) is 26.6 Å². The predicted octanol–water partition coefficient (Wildman–Crippen LogP) is 4.64. The second-order valence-corrected chi connectivity index (χ2v) is 6.24. The van der Waals surface area contributed by atoms with Gasteiger partial charge in [0.2, 0.25) is 0 Å². The molecule has 0 amide bonds. The summed E-state index contributed by atoms with van der Waals surface area (Å²) in [5, 5.41) is 14.8. The zero-order valence-electron chi connectivity index (χ0n) is 14.5. The summed E-state index contributed by atoms with van der Waals surface area (Å²) in [4.78, 5) is 12.4. The number of benzene rings is 2. The van der Waals surface area contributed by atoms with Crippen LogP contribution in [0.1, 0.15) is 11.7 Å². The molecule has 0 saturated heterocycles. The van der Waals surface area contributed by atoms with Crippen molar-refractivity contribution in [3.8, 4) is 5.75 Å². The van der Waals surface area contributed by atoms with Gasteiger partial charge in [-0.2, -0.15) is 0 Å². The molecule has 1 N–H and O–H groups in total. The molecule has 0 bridgehead atoms. The van der Waals surface area contributed by atoms with Crippen LogP contribution in [0.5, 0.6) is 5.75 Å². The second-order valence-electron chi connectivity index (χ2n) is 5.39. The van der Waals surface area contributed by atoms with Crippen LogP contribution in [0.3, 0.4) is 0 Å². The standard InChI is InChI=1S/C18H16Cl2N2O2.HNO3/c19-14-6-7-16(17(20)10-14)18(11-22-9-8-21-12-22)24-13-23-15-4-2-1-3-5-15;2-1(3)4/h1-10,12,18H,11,13H2;(H,2,3,4). The fourth-order valence-corrected chi connectivity index (χ4v) is 2.82. The zero-order valence-corrected chi connectivity index (χ0v) is 16.0. The molecule has 8 nitrogen and oxygen atoms in total. The Labute approximate surface area is 171 Å². The van der Waals surface area contributed by atoms with Crippen LogP contribution < -0.4 is 4.74 Å². The number of hydrogen-bond donors (Lipinski definition) is 1. The number of ether oxygens (including phenoxy) is 2. The largest absolute Gasteiger partial charge is 0.468 e. The van der Waals surface area contributed by atoms with Crippen LogP contribution in [0.25, 0.3) is 0 Å². The number of imidazole rings is 1. The number of halogens is 2. The minimum atomic E-state index is -1.50. The van der Waals surface area contributed by atoms with Gasteiger partial charge in [0.25, 0.3) is 5.09 Å². The summed E-state index contributed by atoms with van der Waals surface area (Å²) in [5.74, 6) is 0.751. The first kappa shape index (κ1) is 21.5. The lowest BCUT2D eigenvalue weighted by atomic mass is 10.1. The highest BCUT2D eigenvalue weighted by molar-refractivity contribution is 6.35. The first-order valence-corrected chi connectivity index (χ1v) is 8.74. The molecule has 0 fully saturated rings. The molecule has 1 unspecified atom stereocenters. The Morgan fingerprint density at radius 2 is 1.93 bits per heavy atom. The average molecular weight is 426 g/mol. The number of nitrogens with zero attached hydrogens (tertiary/aromatic N) is 3. The van der Waals surface area contributed by atoms with E-state index in [1.165, 1.54) is 0 Å². The average Bonchev–Trinajstić information content (AvgIpc) is 3.15. The van der Waals surface area contributed by atoms with Crippen LogP contribution in [0.2, 0.25) is 10.0 Å². The molecule has 1 heterocycles. The molecule has 3 aromatic rings. The van der Waals surface area contributed by atoms with E-state index in [0.717, 1.165) is 11.3 Å². The van der Waals surface area contributed by atoms with Crippen LogP contribution in [0.15, 0.2) is 67.3 Å². The summed E-state index contributed by atoms with van der Waals surface area (Å²) >= 11 is 12.3. The third-order valence-electron chi connectivity index (χ3n) is 3.48. The minimum absolute atomic E-state index is 0.113. The molecule has 3 rings (SSSR count). The van der Waals surface area contributed by atoms with Gasteiger partial charge in [0.05, 0.1) is 12.9 Å². The Kier molecular flexibility index (Phi) is 8.54. The van der Waals surface area contributed by atoms with Crippen molar-refractivity contribution in [3.05, 3.63) is 93.0 Å². The van der Waals surface area contributed by atoms with Gasteiger partial charge >= 0.3 is 0 Å². The molecule has 1 aromatic heterocycles. The molecular weight excluding hydrogens is 409 g/mol. The molecule has 0 spiro atoms. The van der Waals surface area contributed by atoms with Gasteiger partial charge in [0.1, 0.15) is 11.9 Å². The van der Waals surface area contributed by atoms with E-state index in [4.69, 9.17) is 48.0 Å². The molecule has 1 atom stereocenters. The number of rotatable bonds is 7. The van der Waals surface area contributed by atoms with E-state index in [1.54, 1.807) is 24.7 Å². The first-order chi connectivity index (χ1) is 13.5. The molecule has 2 aromatic carbocycles. The third-order valence-corrected chi connectivity index (χ3v) is 4.05. The van der Waals surface area contributed by atoms with Crippen molar-refractivity contribution in [2.24, 2.45) is 0 Å². The van der Waals surface area contributed by atoms with Crippen molar-refractivity contribution in [2.45, 2.75) is 12.6 Å². The van der Waals surface area contributed by atoms with E-state index >= 15 is 0 Å². The predicted molar refractivity (Wildman–Crippen MR) is 103 cm³/mol. The van der Waals surface area contributed by atoms with Gasteiger partial charge in [-0.1, -0.05) is 47.5 Å². The van der Waals surface area contributed by atoms with Crippen molar-refractivity contribution in [3.63, 3.8) is 0 Å². The van der Waals surface area contributed by atoms with Crippen LogP contribution >= 0.6 is 23.2 Å². The number of hydrogen-bond acceptors (Lipinski definition) is 5. The second kappa shape index (κ2) is 11.1. The summed E-state index contributed by atoms with van der Waals surface area (Å²) in [6.45, 7) is 0.682. The number of para-hydroxylation sites is 1. The smallest absolute Gasteiger partial charge is 0.291 e. The third kappa shape index (κ3) is 7.43. The molecule has 0 saturated carbocycles. The Hall–Kier alpha value is -2.81. The van der Waals surface area contributed by atoms with Crippen LogP contribution in [0.4, 0.5) is 0 Å². The molecule has 28 heavy (non-hydrogen) atoms. The summed E-state index contributed by atoms with van der Waals surface area (Å²) in [7, 11) is 0. The fraction of sp³-hybridized carbons (Fsp3) is 0.167. The topological polar surface area (TPSA) is 99.7 Å². The molecule has 148 valence electrons. The Morgan fingerprint density at radius 1 is 1.21 bits per heavy atom. The van der Waals surface area contributed by atoms with E-state index in [9.17, 15) is 0 Å². The van der Waals surface area contributed by atoms with E-state index in [2.05, 4.69) is 4.98 Å². The SMILES string of the molecule is Clc1ccc(C(Cn2ccnc2)OCOc2ccccc2)c(Cl)c1.O=[N+]([O-])O. The maximum Gasteiger partial charge on any atom is 0.291 e. The highest BCUT2D eigenvalue weighted by atomic mass is 35.5. The molecular formula is C18H17Cl2N3O5. The highest BCUT2D eigenvalue weighted by Gasteiger charge is 2.17. The summed E-state index contributed by atoms with van der Waals surface area (Å²) in [5.41, 5.74) is 0.853. The Balaban J connectivity index is 0.000000640. The van der Waals surface area contributed by atoms with E-state index in [-0.39, 0.29) is 12.9 Å². The fourth-order valence-electron chi connectivity index (χ4n) is 2.29. The maximum atomic E-state index is 8.36. The quantitative estimate of drug-likeness (QED) is 0.336. The highest BCUT2D eigenvalue weighted by Crippen LogP contribution is 2.29. The van der Waals surface area contributed by atoms with Crippen molar-refractivity contribution >= 4 is 23.2 Å². The molecule has 0 aliphatic rings. The summed E-state index contributed by atoms with van der Waals surface area (Å²) in [6, 6.07) is 14.9. The Bertz CT molecular complexity index is 859. The zero-order chi connectivity index (χ0) is 20.4. The lowest BCUT2D eigenvalue weighted by molar-refractivity contribution is -0.742. The van der Waals surface area contributed by atoms with Crippen molar-refractivity contribution in [1.29, 1.82) is 0 Å². The summed E-state index contributed by atoms with van der Waals surface area (Å²) < 4.78 is 13.5. The maximum absolute atomic E-state index is 8.36. The normalized spacial score (nSPS) is 11.2. The molecule has 0 aliphatic carbocycles.